The molecule has 0 spiro atoms. The fraction of sp³-hybridized carbons (Fsp3) is 0.467. The number of hydrogen-bond donors (Lipinski definition) is 1. The van der Waals surface area contributed by atoms with Crippen LogP contribution in [0.5, 0.6) is 0 Å². The smallest absolute Gasteiger partial charge is 0.326 e. The van der Waals surface area contributed by atoms with E-state index in [9.17, 15) is 14.7 Å². The molecule has 1 N–H and O–H groups in total. The minimum atomic E-state index is -0.906. The lowest BCUT2D eigenvalue weighted by Crippen LogP contribution is -2.43. The highest BCUT2D eigenvalue weighted by Crippen LogP contribution is 2.25. The van der Waals surface area contributed by atoms with Gasteiger partial charge in [0.25, 0.3) is 0 Å². The summed E-state index contributed by atoms with van der Waals surface area (Å²) in [4.78, 5) is 24.9. The van der Waals surface area contributed by atoms with Gasteiger partial charge in [0, 0.05) is 17.3 Å². The molecular formula is C15H18ClNO3S. The van der Waals surface area contributed by atoms with Crippen LogP contribution in [-0.2, 0) is 15.3 Å². The number of carboxylic acid groups (broad SMARTS) is 1. The van der Waals surface area contributed by atoms with Gasteiger partial charge in [-0.05, 0) is 30.0 Å². The Labute approximate surface area is 133 Å². The number of rotatable bonds is 5. The molecule has 1 heterocycles. The highest BCUT2D eigenvalue weighted by molar-refractivity contribution is 7.99. The summed E-state index contributed by atoms with van der Waals surface area (Å²) in [5.74, 6) is 0.0397. The standard InChI is InChI=1S/C15H18ClNO3S/c1-10-6-7-17(14(10)15(19)20)13(18)9-21-8-11-2-4-12(16)5-3-11/h2-5,10,14H,6-9H2,1H3,(H,19,20). The molecule has 2 atom stereocenters. The van der Waals surface area contributed by atoms with Gasteiger partial charge in [-0.2, -0.15) is 0 Å². The molecule has 114 valence electrons. The number of carboxylic acids is 1. The average Bonchev–Trinajstić information content (AvgIpc) is 2.83. The van der Waals surface area contributed by atoms with Crippen LogP contribution < -0.4 is 0 Å². The zero-order valence-corrected chi connectivity index (χ0v) is 13.4. The molecular weight excluding hydrogens is 310 g/mol. The number of nitrogens with zero attached hydrogens (tertiary/aromatic N) is 1. The topological polar surface area (TPSA) is 57.6 Å². The molecule has 1 aliphatic heterocycles. The number of likely N-dealkylation sites (tertiary alicyclic amines) is 1. The van der Waals surface area contributed by atoms with E-state index in [0.717, 1.165) is 12.0 Å². The molecule has 1 amide bonds. The Morgan fingerprint density at radius 2 is 2.05 bits per heavy atom. The number of aliphatic carboxylic acids is 1. The fourth-order valence-electron chi connectivity index (χ4n) is 2.52. The summed E-state index contributed by atoms with van der Waals surface area (Å²) in [5, 5.41) is 9.91. The van der Waals surface area contributed by atoms with E-state index in [1.165, 1.54) is 16.7 Å². The molecule has 21 heavy (non-hydrogen) atoms. The molecule has 0 bridgehead atoms. The van der Waals surface area contributed by atoms with Gasteiger partial charge in [-0.25, -0.2) is 4.79 Å². The monoisotopic (exact) mass is 327 g/mol. The van der Waals surface area contributed by atoms with Crippen LogP contribution in [0.1, 0.15) is 18.9 Å². The molecule has 1 saturated heterocycles. The number of thioether (sulfide) groups is 1. The molecule has 1 aromatic carbocycles. The normalized spacial score (nSPS) is 21.5. The summed E-state index contributed by atoms with van der Waals surface area (Å²) in [6, 6.07) is 6.83. The number of amides is 1. The molecule has 4 nitrogen and oxygen atoms in total. The number of halogens is 1. The maximum atomic E-state index is 12.2. The highest BCUT2D eigenvalue weighted by atomic mass is 35.5. The minimum Gasteiger partial charge on any atom is -0.480 e. The second kappa shape index (κ2) is 7.18. The van der Waals surface area contributed by atoms with Crippen molar-refractivity contribution in [1.82, 2.24) is 4.90 Å². The van der Waals surface area contributed by atoms with Gasteiger partial charge in [-0.15, -0.1) is 11.8 Å². The summed E-state index contributed by atoms with van der Waals surface area (Å²) < 4.78 is 0. The third kappa shape index (κ3) is 4.14. The fourth-order valence-corrected chi connectivity index (χ4v) is 3.52. The van der Waals surface area contributed by atoms with Gasteiger partial charge in [0.15, 0.2) is 0 Å². The second-order valence-electron chi connectivity index (χ2n) is 5.26. The Kier molecular flexibility index (Phi) is 5.53. The number of benzene rings is 1. The quantitative estimate of drug-likeness (QED) is 0.903. The zero-order valence-electron chi connectivity index (χ0n) is 11.8. The zero-order chi connectivity index (χ0) is 15.4. The van der Waals surface area contributed by atoms with Gasteiger partial charge in [0.2, 0.25) is 5.91 Å². The summed E-state index contributed by atoms with van der Waals surface area (Å²) >= 11 is 7.31. The van der Waals surface area contributed by atoms with E-state index in [2.05, 4.69) is 0 Å². The molecule has 0 saturated carbocycles. The molecule has 2 unspecified atom stereocenters. The van der Waals surface area contributed by atoms with Crippen molar-refractivity contribution >= 4 is 35.2 Å². The van der Waals surface area contributed by atoms with Crippen LogP contribution in [0.25, 0.3) is 0 Å². The Balaban J connectivity index is 1.84. The van der Waals surface area contributed by atoms with Crippen molar-refractivity contribution in [3.05, 3.63) is 34.9 Å². The van der Waals surface area contributed by atoms with Crippen molar-refractivity contribution in [2.45, 2.75) is 25.1 Å². The summed E-state index contributed by atoms with van der Waals surface area (Å²) in [6.07, 6.45) is 0.755. The van der Waals surface area contributed by atoms with Crippen molar-refractivity contribution in [2.24, 2.45) is 5.92 Å². The summed E-state index contributed by atoms with van der Waals surface area (Å²) in [7, 11) is 0. The average molecular weight is 328 g/mol. The number of carbonyl (C=O) groups is 2. The van der Waals surface area contributed by atoms with E-state index in [1.54, 1.807) is 0 Å². The van der Waals surface area contributed by atoms with Gasteiger partial charge >= 0.3 is 5.97 Å². The SMILES string of the molecule is CC1CCN(C(=O)CSCc2ccc(Cl)cc2)C1C(=O)O. The predicted molar refractivity (Wildman–Crippen MR) is 84.5 cm³/mol. The Hall–Kier alpha value is -1.20. The molecule has 6 heteroatoms. The van der Waals surface area contributed by atoms with Gasteiger partial charge in [-0.3, -0.25) is 4.79 Å². The van der Waals surface area contributed by atoms with E-state index >= 15 is 0 Å². The minimum absolute atomic E-state index is 0.0210. The van der Waals surface area contributed by atoms with Crippen LogP contribution in [0.4, 0.5) is 0 Å². The van der Waals surface area contributed by atoms with Crippen LogP contribution in [0.2, 0.25) is 5.02 Å². The van der Waals surface area contributed by atoms with Crippen molar-refractivity contribution < 1.29 is 14.7 Å². The second-order valence-corrected chi connectivity index (χ2v) is 6.68. The van der Waals surface area contributed by atoms with Crippen LogP contribution in [-0.4, -0.2) is 40.2 Å². The van der Waals surface area contributed by atoms with E-state index < -0.39 is 12.0 Å². The summed E-state index contributed by atoms with van der Waals surface area (Å²) in [6.45, 7) is 2.42. The van der Waals surface area contributed by atoms with E-state index in [4.69, 9.17) is 11.6 Å². The molecule has 1 fully saturated rings. The third-order valence-corrected chi connectivity index (χ3v) is 4.92. The van der Waals surface area contributed by atoms with Gasteiger partial charge in [0.1, 0.15) is 6.04 Å². The van der Waals surface area contributed by atoms with Gasteiger partial charge in [-0.1, -0.05) is 30.7 Å². The third-order valence-electron chi connectivity index (χ3n) is 3.68. The molecule has 1 aliphatic rings. The largest absolute Gasteiger partial charge is 0.480 e. The lowest BCUT2D eigenvalue weighted by Gasteiger charge is -2.23. The van der Waals surface area contributed by atoms with Crippen molar-refractivity contribution in [3.63, 3.8) is 0 Å². The molecule has 0 aromatic heterocycles. The molecule has 2 rings (SSSR count). The Morgan fingerprint density at radius 3 is 2.67 bits per heavy atom. The van der Waals surface area contributed by atoms with E-state index in [-0.39, 0.29) is 11.8 Å². The molecule has 0 radical (unpaired) electrons. The van der Waals surface area contributed by atoms with Crippen molar-refractivity contribution in [2.75, 3.05) is 12.3 Å². The van der Waals surface area contributed by atoms with E-state index in [1.807, 2.05) is 31.2 Å². The molecule has 0 aliphatic carbocycles. The van der Waals surface area contributed by atoms with Crippen LogP contribution in [0.15, 0.2) is 24.3 Å². The number of hydrogen-bond acceptors (Lipinski definition) is 3. The Bertz CT molecular complexity index is 520. The predicted octanol–water partition coefficient (Wildman–Crippen LogP) is 2.89. The summed E-state index contributed by atoms with van der Waals surface area (Å²) in [5.41, 5.74) is 1.10. The van der Waals surface area contributed by atoms with Crippen molar-refractivity contribution in [1.29, 1.82) is 0 Å². The highest BCUT2D eigenvalue weighted by Gasteiger charge is 2.39. The lowest BCUT2D eigenvalue weighted by molar-refractivity contribution is -0.148. The first kappa shape index (κ1) is 16.2. The first-order valence-electron chi connectivity index (χ1n) is 6.83. The maximum Gasteiger partial charge on any atom is 0.326 e. The first-order chi connectivity index (χ1) is 9.99. The van der Waals surface area contributed by atoms with Crippen molar-refractivity contribution in [3.8, 4) is 0 Å². The van der Waals surface area contributed by atoms with Gasteiger partial charge in [0.05, 0.1) is 5.75 Å². The first-order valence-corrected chi connectivity index (χ1v) is 8.36. The van der Waals surface area contributed by atoms with Crippen LogP contribution in [0.3, 0.4) is 0 Å². The van der Waals surface area contributed by atoms with E-state index in [0.29, 0.717) is 23.1 Å². The number of carbonyl (C=O) groups excluding carboxylic acids is 1. The Morgan fingerprint density at radius 1 is 1.38 bits per heavy atom. The van der Waals surface area contributed by atoms with Crippen LogP contribution in [0, 0.1) is 5.92 Å². The maximum absolute atomic E-state index is 12.2. The lowest BCUT2D eigenvalue weighted by atomic mass is 10.0. The van der Waals surface area contributed by atoms with Gasteiger partial charge < -0.3 is 10.0 Å². The molecule has 1 aromatic rings. The van der Waals surface area contributed by atoms with Crippen LogP contribution >= 0.6 is 23.4 Å².